The quantitative estimate of drug-likeness (QED) is 0.399. The van der Waals surface area contributed by atoms with Crippen molar-refractivity contribution in [3.63, 3.8) is 0 Å². The van der Waals surface area contributed by atoms with Crippen LogP contribution in [0, 0.1) is 11.3 Å². The number of hydrogen-bond donors (Lipinski definition) is 4. The average Bonchev–Trinajstić information content (AvgIpc) is 3.46. The molecule has 1 aliphatic rings. The highest BCUT2D eigenvalue weighted by atomic mass is 16.4. The van der Waals surface area contributed by atoms with E-state index in [1.807, 2.05) is 30.3 Å². The van der Waals surface area contributed by atoms with Gasteiger partial charge in [-0.15, -0.1) is 0 Å². The van der Waals surface area contributed by atoms with E-state index in [9.17, 15) is 9.59 Å². The predicted molar refractivity (Wildman–Crippen MR) is 128 cm³/mol. The van der Waals surface area contributed by atoms with Crippen LogP contribution in [0.3, 0.4) is 0 Å². The van der Waals surface area contributed by atoms with Crippen molar-refractivity contribution in [2.24, 2.45) is 0 Å². The molecule has 0 aliphatic carbocycles. The van der Waals surface area contributed by atoms with Gasteiger partial charge in [-0.05, 0) is 67.8 Å². The Morgan fingerprint density at radius 2 is 1.69 bits per heavy atom. The highest BCUT2D eigenvalue weighted by molar-refractivity contribution is 5.84. The minimum absolute atomic E-state index is 0.687. The first-order valence-electron chi connectivity index (χ1n) is 11.3. The summed E-state index contributed by atoms with van der Waals surface area (Å²) >= 11 is 0. The lowest BCUT2D eigenvalue weighted by molar-refractivity contribution is -0.165. The molecule has 0 spiro atoms. The zero-order valence-corrected chi connectivity index (χ0v) is 19.3. The number of carbonyl (C=O) groups is 2. The largest absolute Gasteiger partial charge is 0.479 e. The van der Waals surface area contributed by atoms with Gasteiger partial charge < -0.3 is 29.7 Å². The Balaban J connectivity index is 0.000000292. The van der Waals surface area contributed by atoms with Crippen LogP contribution in [-0.4, -0.2) is 68.6 Å². The number of hydrogen-bond acceptors (Lipinski definition) is 7. The molecule has 4 rings (SSSR count). The Morgan fingerprint density at radius 1 is 1.06 bits per heavy atom. The third kappa shape index (κ3) is 6.67. The number of benzene rings is 2. The van der Waals surface area contributed by atoms with E-state index in [-0.39, 0.29) is 0 Å². The number of fused-ring (bicyclic) bond motifs is 1. The molecule has 9 heteroatoms. The standard InChI is InChI=1S/C22H22N2O.C4H6O6/c1-16-3-2-11-24(16)12-10-21-14-20-13-19(8-9-22(20)25-21)18-6-4-17(15-23)5-7-18;5-1(3(7)8)2(6)4(9)10/h4-9,13-14,16H,2-3,10-12H2,1H3;1-2,5-6H,(H,7,8)(H,9,10). The van der Waals surface area contributed by atoms with Gasteiger partial charge in [0.2, 0.25) is 0 Å². The van der Waals surface area contributed by atoms with Gasteiger partial charge in [-0.1, -0.05) is 18.2 Å². The number of nitriles is 1. The summed E-state index contributed by atoms with van der Waals surface area (Å²) in [6.45, 7) is 4.60. The number of aliphatic hydroxyl groups excluding tert-OH is 2. The van der Waals surface area contributed by atoms with Crippen LogP contribution < -0.4 is 0 Å². The molecule has 1 aliphatic heterocycles. The zero-order valence-electron chi connectivity index (χ0n) is 19.3. The molecule has 35 heavy (non-hydrogen) atoms. The molecule has 1 saturated heterocycles. The smallest absolute Gasteiger partial charge is 0.335 e. The number of aliphatic carboxylic acids is 2. The summed E-state index contributed by atoms with van der Waals surface area (Å²) in [5.74, 6) is -2.48. The normalized spacial score (nSPS) is 17.3. The summed E-state index contributed by atoms with van der Waals surface area (Å²) in [7, 11) is 0. The van der Waals surface area contributed by atoms with Gasteiger partial charge in [0.25, 0.3) is 0 Å². The molecule has 0 amide bonds. The fourth-order valence-electron chi connectivity index (χ4n) is 3.99. The lowest BCUT2D eigenvalue weighted by Crippen LogP contribution is -2.39. The van der Waals surface area contributed by atoms with E-state index in [0.29, 0.717) is 11.6 Å². The lowest BCUT2D eigenvalue weighted by atomic mass is 10.0. The molecule has 0 bridgehead atoms. The van der Waals surface area contributed by atoms with Crippen LogP contribution in [0.1, 0.15) is 31.1 Å². The fourth-order valence-corrected chi connectivity index (χ4v) is 3.99. The van der Waals surface area contributed by atoms with Gasteiger partial charge >= 0.3 is 11.9 Å². The molecule has 3 unspecified atom stereocenters. The maximum absolute atomic E-state index is 9.77. The Labute approximate surface area is 202 Å². The Morgan fingerprint density at radius 3 is 2.23 bits per heavy atom. The van der Waals surface area contributed by atoms with E-state index in [0.717, 1.165) is 40.8 Å². The second-order valence-electron chi connectivity index (χ2n) is 8.50. The summed E-state index contributed by atoms with van der Waals surface area (Å²) in [6.07, 6.45) is -0.941. The van der Waals surface area contributed by atoms with Crippen LogP contribution in [0.25, 0.3) is 22.1 Å². The summed E-state index contributed by atoms with van der Waals surface area (Å²) in [4.78, 5) is 22.1. The van der Waals surface area contributed by atoms with Crippen molar-refractivity contribution in [1.29, 1.82) is 5.26 Å². The molecule has 184 valence electrons. The number of aliphatic hydroxyl groups is 2. The van der Waals surface area contributed by atoms with Crippen molar-refractivity contribution >= 4 is 22.9 Å². The Bertz CT molecular complexity index is 1190. The highest BCUT2D eigenvalue weighted by Gasteiger charge is 2.29. The SMILES string of the molecule is CC1CCCN1CCc1cc2cc(-c3ccc(C#N)cc3)ccc2o1.O=C(O)C(O)C(O)C(=O)O. The average molecular weight is 481 g/mol. The number of likely N-dealkylation sites (tertiary alicyclic amines) is 1. The number of carboxylic acid groups (broad SMARTS) is 2. The van der Waals surface area contributed by atoms with Crippen LogP contribution in [-0.2, 0) is 16.0 Å². The molecule has 1 fully saturated rings. The van der Waals surface area contributed by atoms with Crippen LogP contribution in [0.4, 0.5) is 0 Å². The van der Waals surface area contributed by atoms with Gasteiger partial charge in [-0.25, -0.2) is 9.59 Å². The highest BCUT2D eigenvalue weighted by Crippen LogP contribution is 2.27. The zero-order chi connectivity index (χ0) is 25.5. The minimum atomic E-state index is -2.27. The first-order chi connectivity index (χ1) is 16.7. The maximum Gasteiger partial charge on any atom is 0.335 e. The van der Waals surface area contributed by atoms with Crippen LogP contribution in [0.2, 0.25) is 0 Å². The van der Waals surface area contributed by atoms with Crippen molar-refractivity contribution in [3.8, 4) is 17.2 Å². The minimum Gasteiger partial charge on any atom is -0.479 e. The number of furan rings is 1. The first kappa shape index (κ1) is 25.9. The number of rotatable bonds is 7. The molecule has 3 aromatic rings. The van der Waals surface area contributed by atoms with Crippen molar-refractivity contribution in [2.75, 3.05) is 13.1 Å². The van der Waals surface area contributed by atoms with E-state index >= 15 is 0 Å². The predicted octanol–water partition coefficient (Wildman–Crippen LogP) is 2.88. The number of carboxylic acids is 2. The molecule has 2 aromatic carbocycles. The summed E-state index contributed by atoms with van der Waals surface area (Å²) < 4.78 is 6.02. The van der Waals surface area contributed by atoms with E-state index in [1.54, 1.807) is 0 Å². The second kappa shape index (κ2) is 11.6. The van der Waals surface area contributed by atoms with Crippen molar-refractivity contribution in [2.45, 2.75) is 44.4 Å². The summed E-state index contributed by atoms with van der Waals surface area (Å²) in [6, 6.07) is 19.0. The summed E-state index contributed by atoms with van der Waals surface area (Å²) in [5.41, 5.74) is 3.90. The van der Waals surface area contributed by atoms with E-state index in [4.69, 9.17) is 30.1 Å². The monoisotopic (exact) mass is 480 g/mol. The van der Waals surface area contributed by atoms with Crippen molar-refractivity contribution < 1.29 is 34.4 Å². The Hall–Kier alpha value is -3.71. The van der Waals surface area contributed by atoms with Gasteiger partial charge in [0.1, 0.15) is 11.3 Å². The molecular formula is C26H28N2O7. The van der Waals surface area contributed by atoms with Gasteiger partial charge in [0.05, 0.1) is 11.6 Å². The van der Waals surface area contributed by atoms with E-state index in [1.165, 1.54) is 19.4 Å². The second-order valence-corrected chi connectivity index (χ2v) is 8.50. The van der Waals surface area contributed by atoms with Crippen LogP contribution >= 0.6 is 0 Å². The first-order valence-corrected chi connectivity index (χ1v) is 11.3. The van der Waals surface area contributed by atoms with Gasteiger partial charge in [0.15, 0.2) is 12.2 Å². The topological polar surface area (TPSA) is 155 Å². The lowest BCUT2D eigenvalue weighted by Gasteiger charge is -2.19. The van der Waals surface area contributed by atoms with Crippen molar-refractivity contribution in [3.05, 3.63) is 59.9 Å². The molecule has 0 saturated carbocycles. The maximum atomic E-state index is 9.77. The Kier molecular flexibility index (Phi) is 8.60. The van der Waals surface area contributed by atoms with Gasteiger partial charge in [-0.3, -0.25) is 0 Å². The third-order valence-corrected chi connectivity index (χ3v) is 6.06. The summed E-state index contributed by atoms with van der Waals surface area (Å²) in [5, 5.41) is 42.6. The van der Waals surface area contributed by atoms with Gasteiger partial charge in [0, 0.05) is 24.4 Å². The molecule has 4 N–H and O–H groups in total. The van der Waals surface area contributed by atoms with E-state index < -0.39 is 24.1 Å². The van der Waals surface area contributed by atoms with Crippen LogP contribution in [0.15, 0.2) is 52.9 Å². The van der Waals surface area contributed by atoms with Crippen LogP contribution in [0.5, 0.6) is 0 Å². The van der Waals surface area contributed by atoms with Gasteiger partial charge in [-0.2, -0.15) is 5.26 Å². The fraction of sp³-hybridized carbons (Fsp3) is 0.346. The van der Waals surface area contributed by atoms with Crippen molar-refractivity contribution in [1.82, 2.24) is 4.90 Å². The molecule has 0 radical (unpaired) electrons. The molecule has 1 aromatic heterocycles. The molecule has 9 nitrogen and oxygen atoms in total. The third-order valence-electron chi connectivity index (χ3n) is 6.06. The van der Waals surface area contributed by atoms with E-state index in [2.05, 4.69) is 36.1 Å². The molecular weight excluding hydrogens is 452 g/mol. The molecule has 3 atom stereocenters. The molecule has 2 heterocycles. The number of nitrogens with zero attached hydrogens (tertiary/aromatic N) is 2.